The molecule has 0 unspecified atom stereocenters. The first-order valence-electron chi connectivity index (χ1n) is 3.93. The second-order valence-corrected chi connectivity index (χ2v) is 3.17. The van der Waals surface area contributed by atoms with Crippen LogP contribution >= 0.6 is 12.2 Å². The normalized spacial score (nSPS) is 19.2. The second-order valence-electron chi connectivity index (χ2n) is 2.76. The maximum atomic E-state index is 12.9. The zero-order valence-electron chi connectivity index (χ0n) is 6.93. The van der Waals surface area contributed by atoms with E-state index in [1.54, 1.807) is 0 Å². The Morgan fingerprint density at radius 3 is 2.92 bits per heavy atom. The lowest BCUT2D eigenvalue weighted by Gasteiger charge is -2.02. The molecule has 0 aliphatic heterocycles. The fourth-order valence-corrected chi connectivity index (χ4v) is 0.852. The monoisotopic (exact) mass is 189 g/mol. The fourth-order valence-electron chi connectivity index (χ4n) is 0.655. The summed E-state index contributed by atoms with van der Waals surface area (Å²) in [6.45, 7) is 2.66. The number of hydrazone groups is 1. The van der Waals surface area contributed by atoms with Crippen molar-refractivity contribution in [2.75, 3.05) is 6.54 Å². The summed E-state index contributed by atoms with van der Waals surface area (Å²) in [5.41, 5.74) is 1.37. The molecule has 0 aromatic rings. The maximum absolute atomic E-state index is 12.9. The lowest BCUT2D eigenvalue weighted by Crippen LogP contribution is -2.32. The molecule has 2 N–H and O–H groups in total. The van der Waals surface area contributed by atoms with Gasteiger partial charge in [0.2, 0.25) is 0 Å². The predicted molar refractivity (Wildman–Crippen MR) is 51.0 cm³/mol. The van der Waals surface area contributed by atoms with Crippen molar-refractivity contribution >= 4 is 23.5 Å². The summed E-state index contributed by atoms with van der Waals surface area (Å²) >= 11 is 4.80. The van der Waals surface area contributed by atoms with E-state index in [1.807, 2.05) is 6.92 Å². The molecule has 5 heteroatoms. The minimum absolute atomic E-state index is 0.429. The van der Waals surface area contributed by atoms with Gasteiger partial charge in [-0.2, -0.15) is 5.10 Å². The van der Waals surface area contributed by atoms with E-state index in [4.69, 9.17) is 12.2 Å². The van der Waals surface area contributed by atoms with E-state index in [-0.39, 0.29) is 0 Å². The fraction of sp³-hybridized carbons (Fsp3) is 0.714. The maximum Gasteiger partial charge on any atom is 0.186 e. The summed E-state index contributed by atoms with van der Waals surface area (Å²) in [6.07, 6.45) is 2.43. The van der Waals surface area contributed by atoms with Crippen molar-refractivity contribution in [2.45, 2.75) is 25.4 Å². The van der Waals surface area contributed by atoms with Gasteiger partial charge in [-0.05, 0) is 32.0 Å². The summed E-state index contributed by atoms with van der Waals surface area (Å²) in [6, 6.07) is 0. The molecule has 1 fully saturated rings. The quantitative estimate of drug-likeness (QED) is 0.394. The van der Waals surface area contributed by atoms with Crippen molar-refractivity contribution < 1.29 is 4.39 Å². The standard InChI is InChI=1S/C7H12FN3S/c1-2-9-6(12)11-10-5-7(8)3-4-7/h5H,2-4H2,1H3,(H2,9,11,12)/b10-5+. The van der Waals surface area contributed by atoms with Crippen LogP contribution < -0.4 is 10.7 Å². The van der Waals surface area contributed by atoms with Gasteiger partial charge in [0.25, 0.3) is 0 Å². The minimum atomic E-state index is -1.16. The molecule has 0 aromatic heterocycles. The van der Waals surface area contributed by atoms with E-state index >= 15 is 0 Å². The Bertz CT molecular complexity index is 201. The SMILES string of the molecule is CCNC(=S)N/N=C/C1(F)CC1. The Labute approximate surface area is 76.4 Å². The first kappa shape index (κ1) is 9.38. The minimum Gasteiger partial charge on any atom is -0.362 e. The van der Waals surface area contributed by atoms with E-state index in [0.717, 1.165) is 6.54 Å². The molecule has 1 rings (SSSR count). The highest BCUT2D eigenvalue weighted by atomic mass is 32.1. The molecule has 0 saturated heterocycles. The van der Waals surface area contributed by atoms with Crippen LogP contribution in [0.5, 0.6) is 0 Å². The van der Waals surface area contributed by atoms with Gasteiger partial charge in [-0.3, -0.25) is 5.43 Å². The molecule has 0 aromatic carbocycles. The van der Waals surface area contributed by atoms with Crippen LogP contribution in [0.2, 0.25) is 0 Å². The van der Waals surface area contributed by atoms with Gasteiger partial charge in [-0.1, -0.05) is 0 Å². The highest BCUT2D eigenvalue weighted by molar-refractivity contribution is 7.80. The molecule has 12 heavy (non-hydrogen) atoms. The Morgan fingerprint density at radius 2 is 2.42 bits per heavy atom. The van der Waals surface area contributed by atoms with Crippen molar-refractivity contribution in [1.82, 2.24) is 10.7 Å². The van der Waals surface area contributed by atoms with Crippen molar-refractivity contribution in [3.8, 4) is 0 Å². The number of rotatable bonds is 3. The molecular formula is C7H12FN3S. The van der Waals surface area contributed by atoms with Crippen LogP contribution in [-0.4, -0.2) is 23.5 Å². The highest BCUT2D eigenvalue weighted by Crippen LogP contribution is 2.37. The molecule has 68 valence electrons. The van der Waals surface area contributed by atoms with Crippen LogP contribution in [0.15, 0.2) is 5.10 Å². The topological polar surface area (TPSA) is 36.4 Å². The summed E-state index contributed by atoms with van der Waals surface area (Å²) in [4.78, 5) is 0. The third kappa shape index (κ3) is 3.13. The number of halogens is 1. The van der Waals surface area contributed by atoms with Crippen LogP contribution in [0, 0.1) is 0 Å². The van der Waals surface area contributed by atoms with Crippen LogP contribution in [0.3, 0.4) is 0 Å². The second kappa shape index (κ2) is 3.80. The smallest absolute Gasteiger partial charge is 0.186 e. The zero-order valence-corrected chi connectivity index (χ0v) is 7.75. The number of nitrogens with zero attached hydrogens (tertiary/aromatic N) is 1. The average Bonchev–Trinajstić information content (AvgIpc) is 2.69. The number of hydrogen-bond acceptors (Lipinski definition) is 2. The van der Waals surface area contributed by atoms with Crippen LogP contribution in [0.4, 0.5) is 4.39 Å². The molecule has 1 aliphatic carbocycles. The molecule has 0 heterocycles. The Morgan fingerprint density at radius 1 is 1.75 bits per heavy atom. The predicted octanol–water partition coefficient (Wildman–Crippen LogP) is 0.958. The van der Waals surface area contributed by atoms with Crippen molar-refractivity contribution in [3.63, 3.8) is 0 Å². The summed E-state index contributed by atoms with van der Waals surface area (Å²) in [5, 5.41) is 6.93. The molecule has 1 aliphatic rings. The first-order chi connectivity index (χ1) is 5.66. The third-order valence-electron chi connectivity index (χ3n) is 1.53. The van der Waals surface area contributed by atoms with Gasteiger partial charge in [-0.25, -0.2) is 4.39 Å². The van der Waals surface area contributed by atoms with Gasteiger partial charge < -0.3 is 5.32 Å². The molecule has 0 amide bonds. The van der Waals surface area contributed by atoms with E-state index in [0.29, 0.717) is 18.0 Å². The highest BCUT2D eigenvalue weighted by Gasteiger charge is 2.41. The Hall–Kier alpha value is -0.710. The summed E-state index contributed by atoms with van der Waals surface area (Å²) < 4.78 is 12.9. The Kier molecular flexibility index (Phi) is 2.97. The van der Waals surface area contributed by atoms with Crippen molar-refractivity contribution in [2.24, 2.45) is 5.10 Å². The lowest BCUT2D eigenvalue weighted by atomic mass is 10.4. The number of thiocarbonyl (C=S) groups is 1. The molecule has 0 radical (unpaired) electrons. The molecule has 0 spiro atoms. The van der Waals surface area contributed by atoms with Gasteiger partial charge in [-0.15, -0.1) is 0 Å². The molecule has 3 nitrogen and oxygen atoms in total. The van der Waals surface area contributed by atoms with Gasteiger partial charge in [0.05, 0.1) is 6.21 Å². The van der Waals surface area contributed by atoms with E-state index in [1.165, 1.54) is 6.21 Å². The zero-order chi connectivity index (χ0) is 9.03. The van der Waals surface area contributed by atoms with Crippen LogP contribution in [0.1, 0.15) is 19.8 Å². The van der Waals surface area contributed by atoms with E-state index in [9.17, 15) is 4.39 Å². The van der Waals surface area contributed by atoms with Gasteiger partial charge >= 0.3 is 0 Å². The summed E-state index contributed by atoms with van der Waals surface area (Å²) in [5.74, 6) is 0. The lowest BCUT2D eigenvalue weighted by molar-refractivity contribution is 0.412. The van der Waals surface area contributed by atoms with E-state index in [2.05, 4.69) is 15.8 Å². The van der Waals surface area contributed by atoms with Crippen molar-refractivity contribution in [1.29, 1.82) is 0 Å². The number of alkyl halides is 1. The van der Waals surface area contributed by atoms with Crippen LogP contribution in [0.25, 0.3) is 0 Å². The van der Waals surface area contributed by atoms with Gasteiger partial charge in [0.1, 0.15) is 5.67 Å². The Balaban J connectivity index is 2.16. The number of hydrogen-bond donors (Lipinski definition) is 2. The van der Waals surface area contributed by atoms with Crippen LogP contribution in [-0.2, 0) is 0 Å². The van der Waals surface area contributed by atoms with Crippen molar-refractivity contribution in [3.05, 3.63) is 0 Å². The molecule has 0 bridgehead atoms. The molecule has 1 saturated carbocycles. The molecule has 0 atom stereocenters. The first-order valence-corrected chi connectivity index (χ1v) is 4.34. The summed E-state index contributed by atoms with van der Waals surface area (Å²) in [7, 11) is 0. The van der Waals surface area contributed by atoms with Gasteiger partial charge in [0.15, 0.2) is 5.11 Å². The van der Waals surface area contributed by atoms with Gasteiger partial charge in [0, 0.05) is 6.54 Å². The average molecular weight is 189 g/mol. The number of nitrogens with one attached hydrogen (secondary N) is 2. The molecular weight excluding hydrogens is 177 g/mol. The largest absolute Gasteiger partial charge is 0.362 e. The third-order valence-corrected chi connectivity index (χ3v) is 1.76. The van der Waals surface area contributed by atoms with E-state index < -0.39 is 5.67 Å².